The maximum atomic E-state index is 12.9. The summed E-state index contributed by atoms with van der Waals surface area (Å²) in [7, 11) is 1.57. The minimum absolute atomic E-state index is 0.0704. The van der Waals surface area contributed by atoms with Crippen LogP contribution in [0.25, 0.3) is 0 Å². The van der Waals surface area contributed by atoms with Gasteiger partial charge >= 0.3 is 0 Å². The molecule has 0 aliphatic carbocycles. The van der Waals surface area contributed by atoms with Crippen LogP contribution in [0.3, 0.4) is 0 Å². The Morgan fingerprint density at radius 2 is 1.64 bits per heavy atom. The topological polar surface area (TPSA) is 70.7 Å². The maximum Gasteiger partial charge on any atom is 0.261 e. The molecule has 1 atom stereocenters. The maximum absolute atomic E-state index is 12.9. The molecule has 0 saturated heterocycles. The van der Waals surface area contributed by atoms with Gasteiger partial charge in [0, 0.05) is 12.1 Å². The Labute approximate surface area is 166 Å². The van der Waals surface area contributed by atoms with Crippen molar-refractivity contribution in [2.45, 2.75) is 33.7 Å². The van der Waals surface area contributed by atoms with Crippen LogP contribution in [0.15, 0.2) is 48.5 Å². The van der Waals surface area contributed by atoms with Gasteiger partial charge in [-0.15, -0.1) is 0 Å². The summed E-state index contributed by atoms with van der Waals surface area (Å²) in [6.45, 7) is 8.38. The van der Waals surface area contributed by atoms with Gasteiger partial charge in [0.2, 0.25) is 0 Å². The van der Waals surface area contributed by atoms with Crippen molar-refractivity contribution in [3.8, 4) is 5.75 Å². The Bertz CT molecular complexity index is 786. The predicted octanol–water partition coefficient (Wildman–Crippen LogP) is 3.32. The molecule has 0 bridgehead atoms. The van der Waals surface area contributed by atoms with Gasteiger partial charge in [-0.25, -0.2) is 0 Å². The number of benzene rings is 2. The number of methoxy groups -OCH3 is 1. The molecule has 150 valence electrons. The number of carbonyl (C=O) groups is 2. The Hall–Kier alpha value is -3.02. The Kier molecular flexibility index (Phi) is 7.44. The van der Waals surface area contributed by atoms with Crippen molar-refractivity contribution in [2.24, 2.45) is 5.92 Å². The van der Waals surface area contributed by atoms with Crippen molar-refractivity contribution in [3.63, 3.8) is 0 Å². The van der Waals surface area contributed by atoms with E-state index in [-0.39, 0.29) is 17.7 Å². The zero-order chi connectivity index (χ0) is 20.7. The summed E-state index contributed by atoms with van der Waals surface area (Å²) in [5, 5.41) is 4.62. The van der Waals surface area contributed by atoms with Gasteiger partial charge in [-0.3, -0.25) is 20.0 Å². The van der Waals surface area contributed by atoms with Crippen molar-refractivity contribution in [2.75, 3.05) is 18.7 Å². The molecule has 0 radical (unpaired) electrons. The first kappa shape index (κ1) is 21.3. The lowest BCUT2D eigenvalue weighted by Gasteiger charge is -2.28. The highest BCUT2D eigenvalue weighted by Crippen LogP contribution is 2.15. The zero-order valence-corrected chi connectivity index (χ0v) is 17.2. The molecule has 0 aliphatic heterocycles. The summed E-state index contributed by atoms with van der Waals surface area (Å²) in [6, 6.07) is 14.0. The normalized spacial score (nSPS) is 11.6. The van der Waals surface area contributed by atoms with E-state index in [0.29, 0.717) is 17.9 Å². The van der Waals surface area contributed by atoms with Crippen LogP contribution < -0.4 is 20.5 Å². The van der Waals surface area contributed by atoms with Crippen molar-refractivity contribution < 1.29 is 14.3 Å². The van der Waals surface area contributed by atoms with Gasteiger partial charge in [-0.1, -0.05) is 31.5 Å². The van der Waals surface area contributed by atoms with E-state index in [1.807, 2.05) is 52.0 Å². The quantitative estimate of drug-likeness (QED) is 0.686. The number of amides is 2. The molecule has 0 unspecified atom stereocenters. The molecule has 0 fully saturated rings. The molecule has 0 saturated carbocycles. The van der Waals surface area contributed by atoms with Crippen LogP contribution in [-0.2, 0) is 4.79 Å². The van der Waals surface area contributed by atoms with E-state index in [1.54, 1.807) is 36.4 Å². The third kappa shape index (κ3) is 5.49. The monoisotopic (exact) mass is 383 g/mol. The van der Waals surface area contributed by atoms with E-state index in [0.717, 1.165) is 11.3 Å². The summed E-state index contributed by atoms with van der Waals surface area (Å²) in [5.41, 5.74) is 5.44. The van der Waals surface area contributed by atoms with Crippen LogP contribution in [0, 0.1) is 12.8 Å². The van der Waals surface area contributed by atoms with Crippen molar-refractivity contribution >= 4 is 17.5 Å². The fourth-order valence-electron chi connectivity index (χ4n) is 2.76. The van der Waals surface area contributed by atoms with Crippen LogP contribution in [0.5, 0.6) is 5.75 Å². The van der Waals surface area contributed by atoms with Gasteiger partial charge in [0.15, 0.2) is 0 Å². The lowest BCUT2D eigenvalue weighted by Crippen LogP contribution is -2.54. The molecule has 28 heavy (non-hydrogen) atoms. The van der Waals surface area contributed by atoms with Crippen LogP contribution in [0.1, 0.15) is 36.7 Å². The van der Waals surface area contributed by atoms with Crippen molar-refractivity contribution in [3.05, 3.63) is 59.7 Å². The fraction of sp³-hybridized carbons (Fsp3) is 0.364. The van der Waals surface area contributed by atoms with E-state index in [9.17, 15) is 9.59 Å². The van der Waals surface area contributed by atoms with Gasteiger partial charge in [0.25, 0.3) is 11.8 Å². The lowest BCUT2D eigenvalue weighted by atomic mass is 10.0. The summed E-state index contributed by atoms with van der Waals surface area (Å²) in [5.74, 6) is 0.0551. The summed E-state index contributed by atoms with van der Waals surface area (Å²) < 4.78 is 5.11. The van der Waals surface area contributed by atoms with Crippen LogP contribution in [0.4, 0.5) is 5.69 Å². The number of hydrazine groups is 1. The molecule has 2 rings (SSSR count). The Morgan fingerprint density at radius 3 is 2.14 bits per heavy atom. The van der Waals surface area contributed by atoms with Crippen molar-refractivity contribution in [1.29, 1.82) is 0 Å². The first-order valence-corrected chi connectivity index (χ1v) is 9.45. The second-order valence-electron chi connectivity index (χ2n) is 6.98. The first-order chi connectivity index (χ1) is 13.3. The van der Waals surface area contributed by atoms with Gasteiger partial charge in [-0.2, -0.15) is 0 Å². The minimum atomic E-state index is -0.658. The van der Waals surface area contributed by atoms with E-state index in [2.05, 4.69) is 10.7 Å². The molecule has 6 nitrogen and oxygen atoms in total. The largest absolute Gasteiger partial charge is 0.497 e. The van der Waals surface area contributed by atoms with E-state index in [1.165, 1.54) is 0 Å². The van der Waals surface area contributed by atoms with Gasteiger partial charge in [-0.05, 0) is 56.2 Å². The lowest BCUT2D eigenvalue weighted by molar-refractivity contribution is -0.124. The third-order valence-electron chi connectivity index (χ3n) is 4.49. The highest BCUT2D eigenvalue weighted by molar-refractivity contribution is 5.97. The van der Waals surface area contributed by atoms with E-state index in [4.69, 9.17) is 4.74 Å². The Morgan fingerprint density at radius 1 is 1.04 bits per heavy atom. The molecule has 0 spiro atoms. The predicted molar refractivity (Wildman–Crippen MR) is 111 cm³/mol. The molecular weight excluding hydrogens is 354 g/mol. The number of anilines is 1. The van der Waals surface area contributed by atoms with E-state index >= 15 is 0 Å². The number of carbonyl (C=O) groups excluding carboxylic acids is 2. The SMILES string of the molecule is CCN(NC(=O)[C@@H](NC(=O)c1ccc(OC)cc1)C(C)C)c1ccc(C)cc1. The smallest absolute Gasteiger partial charge is 0.261 e. The molecule has 2 N–H and O–H groups in total. The minimum Gasteiger partial charge on any atom is -0.497 e. The second-order valence-corrected chi connectivity index (χ2v) is 6.98. The molecule has 0 aromatic heterocycles. The summed E-state index contributed by atoms with van der Waals surface area (Å²) >= 11 is 0. The average Bonchev–Trinajstić information content (AvgIpc) is 2.70. The van der Waals surface area contributed by atoms with Crippen molar-refractivity contribution in [1.82, 2.24) is 10.7 Å². The molecule has 2 aromatic rings. The number of aryl methyl sites for hydroxylation is 1. The zero-order valence-electron chi connectivity index (χ0n) is 17.2. The van der Waals surface area contributed by atoms with Gasteiger partial charge in [0.05, 0.1) is 12.8 Å². The number of rotatable bonds is 8. The molecule has 2 aromatic carbocycles. The molecule has 6 heteroatoms. The van der Waals surface area contributed by atoms with Crippen LogP contribution in [-0.4, -0.2) is 31.5 Å². The number of nitrogens with one attached hydrogen (secondary N) is 2. The second kappa shape index (κ2) is 9.78. The number of nitrogens with zero attached hydrogens (tertiary/aromatic N) is 1. The summed E-state index contributed by atoms with van der Waals surface area (Å²) in [4.78, 5) is 25.5. The van der Waals surface area contributed by atoms with Crippen LogP contribution >= 0.6 is 0 Å². The summed E-state index contributed by atoms with van der Waals surface area (Å²) in [6.07, 6.45) is 0. The number of hydrogen-bond donors (Lipinski definition) is 2. The fourth-order valence-corrected chi connectivity index (χ4v) is 2.76. The molecular formula is C22H29N3O3. The highest BCUT2D eigenvalue weighted by Gasteiger charge is 2.26. The Balaban J connectivity index is 2.09. The average molecular weight is 383 g/mol. The molecule has 0 aliphatic rings. The standard InChI is InChI=1S/C22H29N3O3/c1-6-25(18-11-7-16(4)8-12-18)24-22(27)20(15(2)3)23-21(26)17-9-13-19(28-5)14-10-17/h7-15,20H,6H2,1-5H3,(H,23,26)(H,24,27)/t20-/m0/s1. The highest BCUT2D eigenvalue weighted by atomic mass is 16.5. The van der Waals surface area contributed by atoms with Gasteiger partial charge in [0.1, 0.15) is 11.8 Å². The van der Waals surface area contributed by atoms with E-state index < -0.39 is 6.04 Å². The van der Waals surface area contributed by atoms with Crippen LogP contribution in [0.2, 0.25) is 0 Å². The third-order valence-corrected chi connectivity index (χ3v) is 4.49. The molecule has 0 heterocycles. The first-order valence-electron chi connectivity index (χ1n) is 9.45. The number of hydrogen-bond acceptors (Lipinski definition) is 4. The number of ether oxygens (including phenoxy) is 1. The molecule has 2 amide bonds. The van der Waals surface area contributed by atoms with Gasteiger partial charge < -0.3 is 10.1 Å².